The Morgan fingerprint density at radius 1 is 1.52 bits per heavy atom. The summed E-state index contributed by atoms with van der Waals surface area (Å²) >= 11 is 1.80. The minimum Gasteiger partial charge on any atom is -0.395 e. The third-order valence-corrected chi connectivity index (χ3v) is 5.45. The normalized spacial score (nSPS) is 22.0. The molecule has 2 atom stereocenters. The Morgan fingerprint density at radius 3 is 3.00 bits per heavy atom. The second-order valence-corrected chi connectivity index (χ2v) is 7.22. The van der Waals surface area contributed by atoms with E-state index in [9.17, 15) is 4.79 Å². The summed E-state index contributed by atoms with van der Waals surface area (Å²) in [6.45, 7) is 4.94. The maximum absolute atomic E-state index is 12.3. The van der Waals surface area contributed by atoms with Crippen molar-refractivity contribution in [2.45, 2.75) is 32.2 Å². The zero-order chi connectivity index (χ0) is 16.7. The van der Waals surface area contributed by atoms with E-state index in [-0.39, 0.29) is 12.6 Å². The van der Waals surface area contributed by atoms with Crippen LogP contribution in [0.15, 0.2) is 17.5 Å². The van der Waals surface area contributed by atoms with Gasteiger partial charge in [-0.05, 0) is 50.2 Å². The van der Waals surface area contributed by atoms with Gasteiger partial charge in [0.1, 0.15) is 0 Å². The van der Waals surface area contributed by atoms with Crippen molar-refractivity contribution in [3.8, 4) is 0 Å². The SMILES string of the molecule is CCCN(CCO)C(=O)NCC1CCCN(C)C1c1cccs1. The highest BCUT2D eigenvalue weighted by atomic mass is 32.1. The van der Waals surface area contributed by atoms with E-state index in [2.05, 4.69) is 34.8 Å². The summed E-state index contributed by atoms with van der Waals surface area (Å²) < 4.78 is 0. The maximum Gasteiger partial charge on any atom is 0.317 e. The molecule has 23 heavy (non-hydrogen) atoms. The van der Waals surface area contributed by atoms with Gasteiger partial charge in [-0.2, -0.15) is 0 Å². The number of thiophene rings is 1. The van der Waals surface area contributed by atoms with Gasteiger partial charge in [0.15, 0.2) is 0 Å². The Morgan fingerprint density at radius 2 is 2.35 bits per heavy atom. The fourth-order valence-corrected chi connectivity index (χ4v) is 4.40. The van der Waals surface area contributed by atoms with Gasteiger partial charge in [0, 0.05) is 30.6 Å². The highest BCUT2D eigenvalue weighted by Gasteiger charge is 2.31. The van der Waals surface area contributed by atoms with Gasteiger partial charge in [0.05, 0.1) is 6.61 Å². The molecule has 1 aliphatic heterocycles. The molecule has 1 aromatic heterocycles. The number of nitrogens with one attached hydrogen (secondary N) is 1. The first kappa shape index (κ1) is 18.2. The highest BCUT2D eigenvalue weighted by molar-refractivity contribution is 7.10. The van der Waals surface area contributed by atoms with E-state index in [1.54, 1.807) is 16.2 Å². The smallest absolute Gasteiger partial charge is 0.317 e. The molecule has 2 heterocycles. The fraction of sp³-hybridized carbons (Fsp3) is 0.706. The molecule has 6 heteroatoms. The number of amides is 2. The predicted molar refractivity (Wildman–Crippen MR) is 94.8 cm³/mol. The second-order valence-electron chi connectivity index (χ2n) is 6.24. The van der Waals surface area contributed by atoms with Crippen molar-refractivity contribution in [3.63, 3.8) is 0 Å². The number of rotatable bonds is 7. The van der Waals surface area contributed by atoms with Crippen LogP contribution in [-0.4, -0.2) is 60.8 Å². The first-order chi connectivity index (χ1) is 11.2. The van der Waals surface area contributed by atoms with E-state index in [4.69, 9.17) is 5.11 Å². The number of urea groups is 1. The number of hydrogen-bond acceptors (Lipinski definition) is 4. The summed E-state index contributed by atoms with van der Waals surface area (Å²) in [5.41, 5.74) is 0. The van der Waals surface area contributed by atoms with E-state index in [0.29, 0.717) is 31.6 Å². The lowest BCUT2D eigenvalue weighted by Crippen LogP contribution is -2.46. The number of carbonyl (C=O) groups excluding carboxylic acids is 1. The Balaban J connectivity index is 1.95. The number of piperidine rings is 1. The molecule has 1 aliphatic rings. The fourth-order valence-electron chi connectivity index (χ4n) is 3.42. The highest BCUT2D eigenvalue weighted by Crippen LogP contribution is 2.36. The van der Waals surface area contributed by atoms with Gasteiger partial charge >= 0.3 is 6.03 Å². The number of hydrogen-bond donors (Lipinski definition) is 2. The molecule has 1 aromatic rings. The van der Waals surface area contributed by atoms with Crippen molar-refractivity contribution < 1.29 is 9.90 Å². The first-order valence-electron chi connectivity index (χ1n) is 8.54. The van der Waals surface area contributed by atoms with Crippen LogP contribution in [0.3, 0.4) is 0 Å². The van der Waals surface area contributed by atoms with Gasteiger partial charge in [-0.1, -0.05) is 13.0 Å². The van der Waals surface area contributed by atoms with Crippen molar-refractivity contribution in [2.75, 3.05) is 39.8 Å². The summed E-state index contributed by atoms with van der Waals surface area (Å²) in [6.07, 6.45) is 3.21. The Labute approximate surface area is 143 Å². The quantitative estimate of drug-likeness (QED) is 0.803. The molecule has 2 rings (SSSR count). The van der Waals surface area contributed by atoms with Gasteiger partial charge < -0.3 is 15.3 Å². The number of aliphatic hydroxyl groups excluding tert-OH is 1. The van der Waals surface area contributed by atoms with Gasteiger partial charge in [-0.25, -0.2) is 4.79 Å². The average molecular weight is 340 g/mol. The molecular weight excluding hydrogens is 310 g/mol. The molecule has 0 aliphatic carbocycles. The lowest BCUT2D eigenvalue weighted by Gasteiger charge is -2.39. The van der Waals surface area contributed by atoms with Crippen LogP contribution in [0.5, 0.6) is 0 Å². The van der Waals surface area contributed by atoms with Crippen LogP contribution in [-0.2, 0) is 0 Å². The van der Waals surface area contributed by atoms with Gasteiger partial charge in [-0.3, -0.25) is 4.90 Å². The lowest BCUT2D eigenvalue weighted by molar-refractivity contribution is 0.119. The number of carbonyl (C=O) groups is 1. The topological polar surface area (TPSA) is 55.8 Å². The molecule has 1 fully saturated rings. The molecule has 130 valence electrons. The van der Waals surface area contributed by atoms with Crippen LogP contribution in [0.4, 0.5) is 4.79 Å². The molecule has 1 saturated heterocycles. The number of aliphatic hydroxyl groups is 1. The van der Waals surface area contributed by atoms with E-state index in [1.807, 2.05) is 6.92 Å². The van der Waals surface area contributed by atoms with Crippen LogP contribution in [0.25, 0.3) is 0 Å². The Kier molecular flexibility index (Phi) is 7.33. The lowest BCUT2D eigenvalue weighted by atomic mass is 9.88. The summed E-state index contributed by atoms with van der Waals surface area (Å²) in [7, 11) is 2.17. The largest absolute Gasteiger partial charge is 0.395 e. The van der Waals surface area contributed by atoms with E-state index in [1.165, 1.54) is 11.3 Å². The molecule has 0 spiro atoms. The first-order valence-corrected chi connectivity index (χ1v) is 9.42. The molecule has 2 N–H and O–H groups in total. The van der Waals surface area contributed by atoms with Crippen molar-refractivity contribution in [1.29, 1.82) is 0 Å². The van der Waals surface area contributed by atoms with Crippen LogP contribution in [0, 0.1) is 5.92 Å². The van der Waals surface area contributed by atoms with Crippen molar-refractivity contribution >= 4 is 17.4 Å². The maximum atomic E-state index is 12.3. The van der Waals surface area contributed by atoms with Crippen molar-refractivity contribution in [2.24, 2.45) is 5.92 Å². The second kappa shape index (κ2) is 9.25. The zero-order valence-corrected chi connectivity index (χ0v) is 15.0. The average Bonchev–Trinajstić information content (AvgIpc) is 3.06. The van der Waals surface area contributed by atoms with E-state index >= 15 is 0 Å². The van der Waals surface area contributed by atoms with E-state index in [0.717, 1.165) is 19.4 Å². The van der Waals surface area contributed by atoms with Crippen molar-refractivity contribution in [3.05, 3.63) is 22.4 Å². The van der Waals surface area contributed by atoms with E-state index < -0.39 is 0 Å². The third-order valence-electron chi connectivity index (χ3n) is 4.51. The molecule has 2 amide bonds. The molecule has 0 saturated carbocycles. The minimum absolute atomic E-state index is 0.0113. The van der Waals surface area contributed by atoms with Gasteiger partial charge in [0.25, 0.3) is 0 Å². The van der Waals surface area contributed by atoms with Crippen LogP contribution < -0.4 is 5.32 Å². The van der Waals surface area contributed by atoms with Gasteiger partial charge in [0.2, 0.25) is 0 Å². The minimum atomic E-state index is -0.0564. The molecule has 0 aromatic carbocycles. The molecular formula is C17H29N3O2S. The monoisotopic (exact) mass is 339 g/mol. The van der Waals surface area contributed by atoms with Crippen LogP contribution >= 0.6 is 11.3 Å². The van der Waals surface area contributed by atoms with Crippen LogP contribution in [0.1, 0.15) is 37.1 Å². The Bertz CT molecular complexity index is 460. The summed E-state index contributed by atoms with van der Waals surface area (Å²) in [5, 5.41) is 14.3. The standard InChI is InChI=1S/C17H29N3O2S/c1-3-8-20(10-11-21)17(22)18-13-14-6-4-9-19(2)16(14)15-7-5-12-23-15/h5,7,12,14,16,21H,3-4,6,8-11,13H2,1-2H3,(H,18,22). The zero-order valence-electron chi connectivity index (χ0n) is 14.2. The number of likely N-dealkylation sites (tertiary alicyclic amines) is 1. The molecule has 0 bridgehead atoms. The number of nitrogens with zero attached hydrogens (tertiary/aromatic N) is 2. The Hall–Kier alpha value is -1.11. The summed E-state index contributed by atoms with van der Waals surface area (Å²) in [6, 6.07) is 4.63. The molecule has 0 radical (unpaired) electrons. The summed E-state index contributed by atoms with van der Waals surface area (Å²) in [5.74, 6) is 0.439. The van der Waals surface area contributed by atoms with Crippen molar-refractivity contribution in [1.82, 2.24) is 15.1 Å². The molecule has 2 unspecified atom stereocenters. The third kappa shape index (κ3) is 4.93. The summed E-state index contributed by atoms with van der Waals surface area (Å²) in [4.78, 5) is 17.8. The molecule has 5 nitrogen and oxygen atoms in total. The predicted octanol–water partition coefficient (Wildman–Crippen LogP) is 2.54. The van der Waals surface area contributed by atoms with Gasteiger partial charge in [-0.15, -0.1) is 11.3 Å². The van der Waals surface area contributed by atoms with Crippen LogP contribution in [0.2, 0.25) is 0 Å².